The van der Waals surface area contributed by atoms with Crippen molar-refractivity contribution in [2.45, 2.75) is 43.9 Å². The maximum atomic E-state index is 11.6. The molecule has 0 bridgehead atoms. The summed E-state index contributed by atoms with van der Waals surface area (Å²) in [6.07, 6.45) is 3.01. The zero-order valence-corrected chi connectivity index (χ0v) is 10.4. The molecule has 1 aliphatic rings. The van der Waals surface area contributed by atoms with E-state index in [2.05, 4.69) is 20.7 Å². The van der Waals surface area contributed by atoms with Gasteiger partial charge in [-0.2, -0.15) is 0 Å². The third-order valence-electron chi connectivity index (χ3n) is 2.55. The van der Waals surface area contributed by atoms with E-state index < -0.39 is 10.0 Å². The van der Waals surface area contributed by atoms with Crippen molar-refractivity contribution in [1.82, 2.24) is 4.72 Å². The second-order valence-corrected chi connectivity index (χ2v) is 6.76. The standard InChI is InChI=1S/C8H16BrNO2S/c1-7(2)13(11,12)10-8(6-9)4-3-5-8/h7,10H,3-6H2,1-2H3. The Hall–Kier alpha value is 0.390. The van der Waals surface area contributed by atoms with Gasteiger partial charge in [-0.1, -0.05) is 15.9 Å². The summed E-state index contributed by atoms with van der Waals surface area (Å²) < 4.78 is 25.9. The van der Waals surface area contributed by atoms with E-state index >= 15 is 0 Å². The average molecular weight is 270 g/mol. The van der Waals surface area contributed by atoms with Crippen LogP contribution in [0.4, 0.5) is 0 Å². The molecule has 3 nitrogen and oxygen atoms in total. The summed E-state index contributed by atoms with van der Waals surface area (Å²) in [4.78, 5) is 0. The summed E-state index contributed by atoms with van der Waals surface area (Å²) in [7, 11) is -3.11. The van der Waals surface area contributed by atoms with Crippen LogP contribution in [0.5, 0.6) is 0 Å². The molecular weight excluding hydrogens is 254 g/mol. The molecule has 0 radical (unpaired) electrons. The predicted molar refractivity (Wildman–Crippen MR) is 57.6 cm³/mol. The van der Waals surface area contributed by atoms with Gasteiger partial charge in [-0.05, 0) is 33.1 Å². The minimum atomic E-state index is -3.11. The Bertz CT molecular complexity index is 264. The molecule has 1 aliphatic carbocycles. The van der Waals surface area contributed by atoms with E-state index in [4.69, 9.17) is 0 Å². The van der Waals surface area contributed by atoms with Crippen LogP contribution < -0.4 is 4.72 Å². The molecule has 0 aromatic carbocycles. The van der Waals surface area contributed by atoms with E-state index in [0.717, 1.165) is 19.3 Å². The first kappa shape index (κ1) is 11.5. The first-order valence-corrected chi connectivity index (χ1v) is 7.17. The number of hydrogen-bond acceptors (Lipinski definition) is 2. The molecule has 0 spiro atoms. The fraction of sp³-hybridized carbons (Fsp3) is 1.00. The van der Waals surface area contributed by atoms with Gasteiger partial charge in [0.1, 0.15) is 0 Å². The van der Waals surface area contributed by atoms with Crippen LogP contribution in [-0.2, 0) is 10.0 Å². The Labute approximate surface area is 88.5 Å². The first-order chi connectivity index (χ1) is 5.92. The summed E-state index contributed by atoms with van der Waals surface area (Å²) in [5, 5.41) is 0.371. The summed E-state index contributed by atoms with van der Waals surface area (Å²) in [5.41, 5.74) is -0.191. The second kappa shape index (κ2) is 3.87. The summed E-state index contributed by atoms with van der Waals surface area (Å²) in [5.74, 6) is 0. The molecule has 1 fully saturated rings. The fourth-order valence-corrected chi connectivity index (χ4v) is 3.29. The van der Waals surface area contributed by atoms with Gasteiger partial charge < -0.3 is 0 Å². The third kappa shape index (κ3) is 2.44. The molecule has 0 aliphatic heterocycles. The highest BCUT2D eigenvalue weighted by molar-refractivity contribution is 9.09. The molecule has 5 heteroatoms. The highest BCUT2D eigenvalue weighted by atomic mass is 79.9. The monoisotopic (exact) mass is 269 g/mol. The van der Waals surface area contributed by atoms with E-state index in [1.165, 1.54) is 0 Å². The normalized spacial score (nSPS) is 21.5. The van der Waals surface area contributed by atoms with Crippen LogP contribution in [0.1, 0.15) is 33.1 Å². The van der Waals surface area contributed by atoms with E-state index in [1.54, 1.807) is 13.8 Å². The number of rotatable bonds is 4. The fourth-order valence-electron chi connectivity index (χ4n) is 1.29. The number of sulfonamides is 1. The zero-order valence-electron chi connectivity index (χ0n) is 8.01. The van der Waals surface area contributed by atoms with Crippen molar-refractivity contribution in [2.24, 2.45) is 0 Å². The topological polar surface area (TPSA) is 46.2 Å². The lowest BCUT2D eigenvalue weighted by molar-refractivity contribution is 0.255. The third-order valence-corrected chi connectivity index (χ3v) is 5.58. The van der Waals surface area contributed by atoms with Crippen LogP contribution >= 0.6 is 15.9 Å². The number of halogens is 1. The second-order valence-electron chi connectivity index (χ2n) is 3.96. The van der Waals surface area contributed by atoms with Gasteiger partial charge in [0.15, 0.2) is 0 Å². The Morgan fingerprint density at radius 3 is 2.23 bits per heavy atom. The van der Waals surface area contributed by atoms with Gasteiger partial charge in [-0.3, -0.25) is 0 Å². The van der Waals surface area contributed by atoms with Crippen LogP contribution in [0.15, 0.2) is 0 Å². The van der Waals surface area contributed by atoms with E-state index in [9.17, 15) is 8.42 Å². The Kier molecular flexibility index (Phi) is 3.41. The van der Waals surface area contributed by atoms with Crippen LogP contribution in [0.25, 0.3) is 0 Å². The highest BCUT2D eigenvalue weighted by Gasteiger charge is 2.39. The maximum Gasteiger partial charge on any atom is 0.214 e. The Morgan fingerprint density at radius 1 is 1.46 bits per heavy atom. The maximum absolute atomic E-state index is 11.6. The smallest absolute Gasteiger partial charge is 0.212 e. The zero-order chi connectivity index (χ0) is 10.1. The molecular formula is C8H16BrNO2S. The van der Waals surface area contributed by atoms with Crippen molar-refractivity contribution in [1.29, 1.82) is 0 Å². The molecule has 0 unspecified atom stereocenters. The molecule has 0 aromatic rings. The largest absolute Gasteiger partial charge is 0.214 e. The molecule has 0 atom stereocenters. The number of alkyl halides is 1. The van der Waals surface area contributed by atoms with Crippen molar-refractivity contribution >= 4 is 26.0 Å². The van der Waals surface area contributed by atoms with Gasteiger partial charge >= 0.3 is 0 Å². The van der Waals surface area contributed by atoms with E-state index in [0.29, 0.717) is 5.33 Å². The van der Waals surface area contributed by atoms with Gasteiger partial charge in [0.2, 0.25) is 10.0 Å². The SMILES string of the molecule is CC(C)S(=O)(=O)NC1(CBr)CCC1. The molecule has 0 heterocycles. The quantitative estimate of drug-likeness (QED) is 0.789. The van der Waals surface area contributed by atoms with Crippen molar-refractivity contribution in [3.8, 4) is 0 Å². The summed E-state index contributed by atoms with van der Waals surface area (Å²) >= 11 is 3.36. The highest BCUT2D eigenvalue weighted by Crippen LogP contribution is 2.34. The van der Waals surface area contributed by atoms with Gasteiger partial charge in [0.25, 0.3) is 0 Å². The van der Waals surface area contributed by atoms with Crippen LogP contribution in [0.3, 0.4) is 0 Å². The van der Waals surface area contributed by atoms with Crippen molar-refractivity contribution in [2.75, 3.05) is 5.33 Å². The molecule has 0 amide bonds. The molecule has 78 valence electrons. The number of nitrogens with one attached hydrogen (secondary N) is 1. The Morgan fingerprint density at radius 2 is 2.00 bits per heavy atom. The van der Waals surface area contributed by atoms with Gasteiger partial charge in [0.05, 0.1) is 5.25 Å². The van der Waals surface area contributed by atoms with Crippen molar-refractivity contribution in [3.63, 3.8) is 0 Å². The van der Waals surface area contributed by atoms with Crippen molar-refractivity contribution < 1.29 is 8.42 Å². The van der Waals surface area contributed by atoms with E-state index in [-0.39, 0.29) is 10.8 Å². The van der Waals surface area contributed by atoms with Crippen LogP contribution in [0.2, 0.25) is 0 Å². The lowest BCUT2D eigenvalue weighted by Crippen LogP contribution is -2.56. The molecule has 0 saturated heterocycles. The molecule has 1 rings (SSSR count). The summed E-state index contributed by atoms with van der Waals surface area (Å²) in [6.45, 7) is 3.39. The van der Waals surface area contributed by atoms with Gasteiger partial charge in [0, 0.05) is 10.9 Å². The number of hydrogen-bond donors (Lipinski definition) is 1. The minimum Gasteiger partial charge on any atom is -0.212 e. The minimum absolute atomic E-state index is 0.191. The van der Waals surface area contributed by atoms with Crippen molar-refractivity contribution in [3.05, 3.63) is 0 Å². The summed E-state index contributed by atoms with van der Waals surface area (Å²) in [6, 6.07) is 0. The molecule has 0 aromatic heterocycles. The lowest BCUT2D eigenvalue weighted by Gasteiger charge is -2.41. The van der Waals surface area contributed by atoms with Gasteiger partial charge in [-0.25, -0.2) is 13.1 Å². The van der Waals surface area contributed by atoms with Crippen LogP contribution in [0, 0.1) is 0 Å². The first-order valence-electron chi connectivity index (χ1n) is 4.51. The molecule has 13 heavy (non-hydrogen) atoms. The predicted octanol–water partition coefficient (Wildman–Crippen LogP) is 1.63. The molecule has 1 N–H and O–H groups in total. The van der Waals surface area contributed by atoms with Crippen LogP contribution in [-0.4, -0.2) is 24.5 Å². The lowest BCUT2D eigenvalue weighted by atomic mass is 9.80. The van der Waals surface area contributed by atoms with E-state index in [1.807, 2.05) is 0 Å². The molecule has 1 saturated carbocycles. The van der Waals surface area contributed by atoms with Gasteiger partial charge in [-0.15, -0.1) is 0 Å². The Balaban J connectivity index is 2.67. The average Bonchev–Trinajstić information content (AvgIpc) is 1.96.